The highest BCUT2D eigenvalue weighted by atomic mass is 32.2. The number of non-ortho nitro benzene ring substituents is 1. The van der Waals surface area contributed by atoms with Gasteiger partial charge in [0, 0.05) is 43.9 Å². The number of carbonyl (C=O) groups is 1. The summed E-state index contributed by atoms with van der Waals surface area (Å²) in [5.74, 6) is 0.0427. The second-order valence-electron chi connectivity index (χ2n) is 9.35. The van der Waals surface area contributed by atoms with Crippen LogP contribution in [-0.4, -0.2) is 54.4 Å². The summed E-state index contributed by atoms with van der Waals surface area (Å²) in [7, 11) is -3.66. The molecule has 37 heavy (non-hydrogen) atoms. The number of thiazole rings is 1. The SMILES string of the molecule is CCOCCn1c(=NC(=O)c2ccc(S(=O)(=O)N3CC(C)CC(C)C3)cc2)sc2cc([N+](=O)[O-])ccc21. The van der Waals surface area contributed by atoms with Crippen LogP contribution in [0.15, 0.2) is 52.4 Å². The van der Waals surface area contributed by atoms with Crippen molar-refractivity contribution < 1.29 is 22.9 Å². The van der Waals surface area contributed by atoms with Crippen molar-refractivity contribution in [1.82, 2.24) is 8.87 Å². The minimum atomic E-state index is -3.66. The van der Waals surface area contributed by atoms with Crippen LogP contribution < -0.4 is 4.80 Å². The van der Waals surface area contributed by atoms with Gasteiger partial charge in [-0.25, -0.2) is 8.42 Å². The molecule has 1 aliphatic rings. The zero-order valence-corrected chi connectivity index (χ0v) is 22.6. The number of nitrogens with zero attached hydrogens (tertiary/aromatic N) is 4. The largest absolute Gasteiger partial charge is 0.380 e. The summed E-state index contributed by atoms with van der Waals surface area (Å²) in [5.41, 5.74) is 0.922. The van der Waals surface area contributed by atoms with Crippen molar-refractivity contribution >= 4 is 43.2 Å². The fourth-order valence-electron chi connectivity index (χ4n) is 4.65. The normalized spacial score (nSPS) is 19.4. The Morgan fingerprint density at radius 2 is 1.84 bits per heavy atom. The molecular formula is C25H30N4O6S2. The number of hydrogen-bond acceptors (Lipinski definition) is 7. The number of ether oxygens (including phenoxy) is 1. The van der Waals surface area contributed by atoms with E-state index in [1.54, 1.807) is 10.6 Å². The van der Waals surface area contributed by atoms with Gasteiger partial charge in [0.25, 0.3) is 11.6 Å². The number of nitro benzene ring substituents is 1. The maximum atomic E-state index is 13.2. The Bertz CT molecular complexity index is 1470. The number of fused-ring (bicyclic) bond motifs is 1. The van der Waals surface area contributed by atoms with Gasteiger partial charge in [-0.3, -0.25) is 14.9 Å². The number of piperidine rings is 1. The molecule has 12 heteroatoms. The van der Waals surface area contributed by atoms with Crippen LogP contribution in [0, 0.1) is 22.0 Å². The summed E-state index contributed by atoms with van der Waals surface area (Å²) in [6.07, 6.45) is 0.997. The molecule has 1 aromatic heterocycles. The Hall–Kier alpha value is -2.93. The summed E-state index contributed by atoms with van der Waals surface area (Å²) in [4.78, 5) is 28.6. The van der Waals surface area contributed by atoms with E-state index in [4.69, 9.17) is 4.74 Å². The zero-order chi connectivity index (χ0) is 26.7. The molecule has 1 amide bonds. The molecule has 0 aliphatic carbocycles. The maximum Gasteiger partial charge on any atom is 0.279 e. The molecule has 1 saturated heterocycles. The molecular weight excluding hydrogens is 516 g/mol. The molecule has 0 bridgehead atoms. The summed E-state index contributed by atoms with van der Waals surface area (Å²) >= 11 is 1.18. The molecule has 2 aromatic carbocycles. The number of rotatable bonds is 8. The van der Waals surface area contributed by atoms with Crippen molar-refractivity contribution in [2.45, 2.75) is 38.6 Å². The molecule has 3 aromatic rings. The van der Waals surface area contributed by atoms with E-state index < -0.39 is 20.9 Å². The van der Waals surface area contributed by atoms with Crippen LogP contribution in [0.1, 0.15) is 37.6 Å². The highest BCUT2D eigenvalue weighted by molar-refractivity contribution is 7.89. The first-order valence-electron chi connectivity index (χ1n) is 12.1. The Balaban J connectivity index is 1.64. The monoisotopic (exact) mass is 546 g/mol. The molecule has 0 radical (unpaired) electrons. The lowest BCUT2D eigenvalue weighted by Gasteiger charge is -2.34. The van der Waals surface area contributed by atoms with Crippen molar-refractivity contribution in [1.29, 1.82) is 0 Å². The average molecular weight is 547 g/mol. The van der Waals surface area contributed by atoms with E-state index in [1.807, 2.05) is 20.8 Å². The van der Waals surface area contributed by atoms with Gasteiger partial charge < -0.3 is 9.30 Å². The minimum Gasteiger partial charge on any atom is -0.380 e. The third-order valence-electron chi connectivity index (χ3n) is 6.31. The predicted octanol–water partition coefficient (Wildman–Crippen LogP) is 4.06. The van der Waals surface area contributed by atoms with E-state index in [-0.39, 0.29) is 28.0 Å². The van der Waals surface area contributed by atoms with E-state index in [0.717, 1.165) is 6.42 Å². The van der Waals surface area contributed by atoms with Gasteiger partial charge >= 0.3 is 0 Å². The Kier molecular flexibility index (Phi) is 8.22. The molecule has 2 heterocycles. The standard InChI is InChI=1S/C25H30N4O6S2/c1-4-35-12-11-28-22-10-7-20(29(31)32)14-23(22)36-25(28)26-24(30)19-5-8-21(9-6-19)37(33,34)27-15-17(2)13-18(3)16-27/h5-10,14,17-18H,4,11-13,15-16H2,1-3H3. The van der Waals surface area contributed by atoms with Crippen LogP contribution in [0.25, 0.3) is 10.2 Å². The van der Waals surface area contributed by atoms with E-state index in [2.05, 4.69) is 4.99 Å². The van der Waals surface area contributed by atoms with E-state index in [9.17, 15) is 23.3 Å². The predicted molar refractivity (Wildman–Crippen MR) is 141 cm³/mol. The molecule has 0 N–H and O–H groups in total. The molecule has 0 saturated carbocycles. The molecule has 198 valence electrons. The fraction of sp³-hybridized carbons (Fsp3) is 0.440. The number of nitro groups is 1. The van der Waals surface area contributed by atoms with Crippen LogP contribution in [0.3, 0.4) is 0 Å². The van der Waals surface area contributed by atoms with Crippen LogP contribution in [0.2, 0.25) is 0 Å². The van der Waals surface area contributed by atoms with Crippen molar-refractivity contribution in [2.75, 3.05) is 26.3 Å². The quantitative estimate of drug-likeness (QED) is 0.238. The van der Waals surface area contributed by atoms with E-state index >= 15 is 0 Å². The fourth-order valence-corrected chi connectivity index (χ4v) is 7.42. The van der Waals surface area contributed by atoms with Gasteiger partial charge in [-0.05, 0) is 55.5 Å². The van der Waals surface area contributed by atoms with Gasteiger partial charge in [0.1, 0.15) is 0 Å². The van der Waals surface area contributed by atoms with Crippen LogP contribution >= 0.6 is 11.3 Å². The number of amides is 1. The van der Waals surface area contributed by atoms with Crippen molar-refractivity contribution in [3.05, 3.63) is 62.9 Å². The molecule has 4 rings (SSSR count). The lowest BCUT2D eigenvalue weighted by Crippen LogP contribution is -2.42. The molecule has 1 aliphatic heterocycles. The number of carbonyl (C=O) groups excluding carboxylic acids is 1. The number of benzene rings is 2. The third kappa shape index (κ3) is 5.98. The first-order chi connectivity index (χ1) is 17.6. The summed E-state index contributed by atoms with van der Waals surface area (Å²) in [6, 6.07) is 10.3. The third-order valence-corrected chi connectivity index (χ3v) is 9.20. The van der Waals surface area contributed by atoms with Gasteiger partial charge in [0.05, 0.1) is 26.6 Å². The van der Waals surface area contributed by atoms with E-state index in [0.29, 0.717) is 47.9 Å². The van der Waals surface area contributed by atoms with Crippen molar-refractivity contribution in [2.24, 2.45) is 16.8 Å². The van der Waals surface area contributed by atoms with Gasteiger partial charge in [-0.15, -0.1) is 0 Å². The van der Waals surface area contributed by atoms with Gasteiger partial charge in [0.15, 0.2) is 4.80 Å². The first-order valence-corrected chi connectivity index (χ1v) is 14.4. The lowest BCUT2D eigenvalue weighted by atomic mass is 9.94. The highest BCUT2D eigenvalue weighted by Crippen LogP contribution is 2.27. The Morgan fingerprint density at radius 1 is 1.16 bits per heavy atom. The number of aromatic nitrogens is 1. The smallest absolute Gasteiger partial charge is 0.279 e. The number of sulfonamides is 1. The molecule has 2 unspecified atom stereocenters. The van der Waals surface area contributed by atoms with Crippen molar-refractivity contribution in [3.8, 4) is 0 Å². The molecule has 0 spiro atoms. The summed E-state index contributed by atoms with van der Waals surface area (Å²) in [6.45, 7) is 8.28. The summed E-state index contributed by atoms with van der Waals surface area (Å²) in [5, 5.41) is 11.2. The first kappa shape index (κ1) is 27.1. The second-order valence-corrected chi connectivity index (χ2v) is 12.3. The highest BCUT2D eigenvalue weighted by Gasteiger charge is 2.31. The molecule has 2 atom stereocenters. The Labute approximate surface area is 219 Å². The summed E-state index contributed by atoms with van der Waals surface area (Å²) < 4.78 is 35.7. The second kappa shape index (κ2) is 11.2. The van der Waals surface area contributed by atoms with Gasteiger partial charge in [0.2, 0.25) is 10.0 Å². The van der Waals surface area contributed by atoms with Crippen molar-refractivity contribution in [3.63, 3.8) is 0 Å². The lowest BCUT2D eigenvalue weighted by molar-refractivity contribution is -0.384. The number of hydrogen-bond donors (Lipinski definition) is 0. The van der Waals surface area contributed by atoms with E-state index in [1.165, 1.54) is 52.0 Å². The average Bonchev–Trinajstić information content (AvgIpc) is 3.19. The zero-order valence-electron chi connectivity index (χ0n) is 21.0. The molecule has 1 fully saturated rings. The topological polar surface area (TPSA) is 124 Å². The van der Waals surface area contributed by atoms with Gasteiger partial charge in [-0.1, -0.05) is 25.2 Å². The minimum absolute atomic E-state index is 0.0436. The Morgan fingerprint density at radius 3 is 2.46 bits per heavy atom. The van der Waals surface area contributed by atoms with Crippen LogP contribution in [-0.2, 0) is 21.3 Å². The van der Waals surface area contributed by atoms with Crippen LogP contribution in [0.4, 0.5) is 5.69 Å². The van der Waals surface area contributed by atoms with Crippen LogP contribution in [0.5, 0.6) is 0 Å². The maximum absolute atomic E-state index is 13.2. The van der Waals surface area contributed by atoms with Gasteiger partial charge in [-0.2, -0.15) is 9.30 Å². The molecule has 10 nitrogen and oxygen atoms in total.